The second-order valence-corrected chi connectivity index (χ2v) is 6.73. The van der Waals surface area contributed by atoms with Gasteiger partial charge in [-0.25, -0.2) is 0 Å². The molecule has 0 N–H and O–H groups in total. The molecule has 3 aromatic rings. The number of benzene rings is 3. The van der Waals surface area contributed by atoms with E-state index in [1.165, 1.54) is 22.3 Å². The lowest BCUT2D eigenvalue weighted by Gasteiger charge is -2.18. The third kappa shape index (κ3) is 2.92. The zero-order valence-electron chi connectivity index (χ0n) is 14.9. The fraction of sp³-hybridized carbons (Fsp3) is 0.208. The molecule has 0 aromatic heterocycles. The molecule has 26 heavy (non-hydrogen) atoms. The van der Waals surface area contributed by atoms with Gasteiger partial charge in [-0.2, -0.15) is 0 Å². The quantitative estimate of drug-likeness (QED) is 0.569. The van der Waals surface area contributed by atoms with Crippen molar-refractivity contribution in [2.75, 3.05) is 6.61 Å². The Morgan fingerprint density at radius 2 is 1.38 bits per heavy atom. The Balaban J connectivity index is 1.55. The minimum atomic E-state index is -0.205. The smallest absolute Gasteiger partial charge is 0.313 e. The monoisotopic (exact) mass is 342 g/mol. The molecular weight excluding hydrogens is 320 g/mol. The van der Waals surface area contributed by atoms with Crippen LogP contribution in [0.4, 0.5) is 0 Å². The molecule has 1 atom stereocenters. The Morgan fingerprint density at radius 1 is 0.846 bits per heavy atom. The van der Waals surface area contributed by atoms with Crippen LogP contribution < -0.4 is 0 Å². The van der Waals surface area contributed by atoms with Crippen molar-refractivity contribution in [2.45, 2.75) is 25.2 Å². The molecule has 0 saturated heterocycles. The molecule has 2 nitrogen and oxygen atoms in total. The van der Waals surface area contributed by atoms with Gasteiger partial charge in [0.2, 0.25) is 0 Å². The molecule has 0 amide bonds. The first-order valence-corrected chi connectivity index (χ1v) is 9.19. The van der Waals surface area contributed by atoms with Crippen molar-refractivity contribution in [2.24, 2.45) is 0 Å². The zero-order valence-corrected chi connectivity index (χ0v) is 14.9. The van der Waals surface area contributed by atoms with Crippen LogP contribution in [0.1, 0.15) is 41.9 Å². The normalized spacial score (nSPS) is 13.7. The van der Waals surface area contributed by atoms with E-state index in [1.54, 1.807) is 0 Å². The van der Waals surface area contributed by atoms with Crippen LogP contribution in [0.3, 0.4) is 0 Å². The first kappa shape index (κ1) is 16.6. The minimum Gasteiger partial charge on any atom is -0.464 e. The fourth-order valence-corrected chi connectivity index (χ4v) is 3.93. The molecule has 0 aliphatic heterocycles. The molecule has 0 fully saturated rings. The maximum Gasteiger partial charge on any atom is 0.313 e. The average Bonchev–Trinajstić information content (AvgIpc) is 3.02. The third-order valence-corrected chi connectivity index (χ3v) is 5.25. The predicted octanol–water partition coefficient (Wildman–Crippen LogP) is 5.54. The second-order valence-electron chi connectivity index (χ2n) is 6.73. The summed E-state index contributed by atoms with van der Waals surface area (Å²) < 4.78 is 5.81. The molecule has 1 unspecified atom stereocenters. The predicted molar refractivity (Wildman–Crippen MR) is 104 cm³/mol. The van der Waals surface area contributed by atoms with Crippen molar-refractivity contribution in [1.29, 1.82) is 0 Å². The lowest BCUT2D eigenvalue weighted by molar-refractivity contribution is -0.145. The van der Waals surface area contributed by atoms with Crippen LogP contribution in [0, 0.1) is 0 Å². The van der Waals surface area contributed by atoms with E-state index < -0.39 is 0 Å². The SMILES string of the molecule is CCC(C(=O)OCC1c2ccccc2-c2ccccc21)c1ccccc1. The van der Waals surface area contributed by atoms with Crippen LogP contribution >= 0.6 is 0 Å². The molecular formula is C24H22O2. The summed E-state index contributed by atoms with van der Waals surface area (Å²) in [4.78, 5) is 12.7. The lowest BCUT2D eigenvalue weighted by Crippen LogP contribution is -2.19. The number of esters is 1. The Kier molecular flexibility index (Phi) is 4.57. The maximum absolute atomic E-state index is 12.7. The van der Waals surface area contributed by atoms with E-state index >= 15 is 0 Å². The number of ether oxygens (including phenoxy) is 1. The number of hydrogen-bond acceptors (Lipinski definition) is 2. The Hall–Kier alpha value is -2.87. The molecule has 4 rings (SSSR count). The summed E-state index contributed by atoms with van der Waals surface area (Å²) >= 11 is 0. The van der Waals surface area contributed by atoms with Crippen LogP contribution in [0.25, 0.3) is 11.1 Å². The molecule has 1 aliphatic rings. The highest BCUT2D eigenvalue weighted by molar-refractivity contribution is 5.80. The van der Waals surface area contributed by atoms with E-state index in [1.807, 2.05) is 37.3 Å². The standard InChI is InChI=1S/C24H22O2/c1-2-18(17-10-4-3-5-11-17)24(25)26-16-23-21-14-8-6-12-19(21)20-13-7-9-15-22(20)23/h3-15,18,23H,2,16H2,1H3. The Labute approximate surface area is 154 Å². The van der Waals surface area contributed by atoms with Gasteiger partial charge in [0, 0.05) is 5.92 Å². The number of hydrogen-bond donors (Lipinski definition) is 0. The molecule has 0 spiro atoms. The summed E-state index contributed by atoms with van der Waals surface area (Å²) in [6, 6.07) is 26.7. The largest absolute Gasteiger partial charge is 0.464 e. The van der Waals surface area contributed by atoms with E-state index in [0.717, 1.165) is 12.0 Å². The average molecular weight is 342 g/mol. The Bertz CT molecular complexity index is 869. The summed E-state index contributed by atoms with van der Waals surface area (Å²) in [6.45, 7) is 2.41. The van der Waals surface area contributed by atoms with Crippen molar-refractivity contribution in [1.82, 2.24) is 0 Å². The summed E-state index contributed by atoms with van der Waals surface area (Å²) in [7, 11) is 0. The topological polar surface area (TPSA) is 26.3 Å². The van der Waals surface area contributed by atoms with Gasteiger partial charge in [0.25, 0.3) is 0 Å². The van der Waals surface area contributed by atoms with Crippen molar-refractivity contribution < 1.29 is 9.53 Å². The fourth-order valence-electron chi connectivity index (χ4n) is 3.93. The van der Waals surface area contributed by atoms with Gasteiger partial charge in [-0.15, -0.1) is 0 Å². The highest BCUT2D eigenvalue weighted by Crippen LogP contribution is 2.44. The molecule has 0 bridgehead atoms. The van der Waals surface area contributed by atoms with Gasteiger partial charge in [0.1, 0.15) is 6.61 Å². The van der Waals surface area contributed by atoms with E-state index in [-0.39, 0.29) is 17.8 Å². The van der Waals surface area contributed by atoms with Gasteiger partial charge in [0.15, 0.2) is 0 Å². The second kappa shape index (κ2) is 7.17. The van der Waals surface area contributed by atoms with Crippen molar-refractivity contribution in [3.8, 4) is 11.1 Å². The first-order chi connectivity index (χ1) is 12.8. The highest BCUT2D eigenvalue weighted by Gasteiger charge is 2.30. The first-order valence-electron chi connectivity index (χ1n) is 9.19. The number of carbonyl (C=O) groups is 1. The van der Waals surface area contributed by atoms with E-state index in [9.17, 15) is 4.79 Å². The van der Waals surface area contributed by atoms with Crippen LogP contribution in [-0.4, -0.2) is 12.6 Å². The van der Waals surface area contributed by atoms with Crippen LogP contribution in [0.15, 0.2) is 78.9 Å². The summed E-state index contributed by atoms with van der Waals surface area (Å²) in [6.07, 6.45) is 0.737. The minimum absolute atomic E-state index is 0.111. The number of carbonyl (C=O) groups excluding carboxylic acids is 1. The van der Waals surface area contributed by atoms with Crippen molar-refractivity contribution in [3.05, 3.63) is 95.6 Å². The highest BCUT2D eigenvalue weighted by atomic mass is 16.5. The summed E-state index contributed by atoms with van der Waals surface area (Å²) in [5.74, 6) is -0.233. The van der Waals surface area contributed by atoms with E-state index in [2.05, 4.69) is 48.5 Å². The van der Waals surface area contributed by atoms with Gasteiger partial charge in [-0.3, -0.25) is 4.79 Å². The molecule has 2 heteroatoms. The molecule has 0 saturated carbocycles. The van der Waals surface area contributed by atoms with Crippen LogP contribution in [0.2, 0.25) is 0 Å². The number of rotatable bonds is 5. The van der Waals surface area contributed by atoms with E-state index in [0.29, 0.717) is 6.61 Å². The van der Waals surface area contributed by atoms with Gasteiger partial charge in [-0.05, 0) is 34.2 Å². The van der Waals surface area contributed by atoms with Crippen molar-refractivity contribution in [3.63, 3.8) is 0 Å². The molecule has 0 radical (unpaired) electrons. The van der Waals surface area contributed by atoms with Gasteiger partial charge in [0.05, 0.1) is 5.92 Å². The Morgan fingerprint density at radius 3 is 1.96 bits per heavy atom. The van der Waals surface area contributed by atoms with Crippen LogP contribution in [-0.2, 0) is 9.53 Å². The zero-order chi connectivity index (χ0) is 17.9. The molecule has 1 aliphatic carbocycles. The van der Waals surface area contributed by atoms with E-state index in [4.69, 9.17) is 4.74 Å². The lowest BCUT2D eigenvalue weighted by atomic mass is 9.96. The molecule has 3 aromatic carbocycles. The van der Waals surface area contributed by atoms with Gasteiger partial charge < -0.3 is 4.74 Å². The maximum atomic E-state index is 12.7. The third-order valence-electron chi connectivity index (χ3n) is 5.25. The van der Waals surface area contributed by atoms with Gasteiger partial charge in [-0.1, -0.05) is 85.8 Å². The number of fused-ring (bicyclic) bond motifs is 3. The van der Waals surface area contributed by atoms with Gasteiger partial charge >= 0.3 is 5.97 Å². The van der Waals surface area contributed by atoms with Crippen molar-refractivity contribution >= 4 is 5.97 Å². The van der Waals surface area contributed by atoms with Crippen LogP contribution in [0.5, 0.6) is 0 Å². The molecule has 0 heterocycles. The molecule has 130 valence electrons. The summed E-state index contributed by atoms with van der Waals surface area (Å²) in [5.41, 5.74) is 6.01. The summed E-state index contributed by atoms with van der Waals surface area (Å²) in [5, 5.41) is 0.